The van der Waals surface area contributed by atoms with E-state index >= 15 is 0 Å². The largest absolute Gasteiger partial charge is 0.444 e. The Labute approximate surface area is 145 Å². The van der Waals surface area contributed by atoms with Crippen LogP contribution < -0.4 is 5.32 Å². The van der Waals surface area contributed by atoms with Crippen molar-refractivity contribution in [1.82, 2.24) is 14.8 Å². The molecule has 6 nitrogen and oxygen atoms in total. The van der Waals surface area contributed by atoms with Gasteiger partial charge in [0.2, 0.25) is 0 Å². The van der Waals surface area contributed by atoms with E-state index in [2.05, 4.69) is 29.1 Å². The highest BCUT2D eigenvalue weighted by Gasteiger charge is 2.22. The molecule has 0 aliphatic carbocycles. The van der Waals surface area contributed by atoms with E-state index in [1.807, 2.05) is 26.8 Å². The number of nitrogens with one attached hydrogen (secondary N) is 1. The van der Waals surface area contributed by atoms with Gasteiger partial charge in [0, 0.05) is 44.6 Å². The summed E-state index contributed by atoms with van der Waals surface area (Å²) in [5.41, 5.74) is 0.693. The van der Waals surface area contributed by atoms with Gasteiger partial charge >= 0.3 is 6.09 Å². The van der Waals surface area contributed by atoms with E-state index in [9.17, 15) is 9.90 Å². The summed E-state index contributed by atoms with van der Waals surface area (Å²) in [5.74, 6) is 0. The molecule has 1 unspecified atom stereocenters. The highest BCUT2D eigenvalue weighted by atomic mass is 16.6. The lowest BCUT2D eigenvalue weighted by molar-refractivity contribution is 0.0164. The molecule has 6 heteroatoms. The van der Waals surface area contributed by atoms with Gasteiger partial charge in [-0.25, -0.2) is 4.79 Å². The fourth-order valence-electron chi connectivity index (χ4n) is 2.40. The summed E-state index contributed by atoms with van der Waals surface area (Å²) in [6, 6.07) is 4.15. The third-order valence-corrected chi connectivity index (χ3v) is 3.39. The van der Waals surface area contributed by atoms with Crippen molar-refractivity contribution in [2.24, 2.45) is 0 Å². The van der Waals surface area contributed by atoms with Crippen molar-refractivity contribution in [3.8, 4) is 0 Å². The summed E-state index contributed by atoms with van der Waals surface area (Å²) in [6.45, 7) is 12.5. The lowest BCUT2D eigenvalue weighted by Crippen LogP contribution is -2.43. The summed E-state index contributed by atoms with van der Waals surface area (Å²) >= 11 is 0. The Hall–Kier alpha value is -1.53. The molecule has 1 amide bonds. The predicted octanol–water partition coefficient (Wildman–Crippen LogP) is 2.61. The number of rotatable bonds is 9. The van der Waals surface area contributed by atoms with E-state index in [1.165, 1.54) is 5.69 Å². The molecule has 0 bridgehead atoms. The van der Waals surface area contributed by atoms with Crippen molar-refractivity contribution in [1.29, 1.82) is 0 Å². The van der Waals surface area contributed by atoms with E-state index in [-0.39, 0.29) is 12.6 Å². The molecule has 1 aromatic heterocycles. The smallest absolute Gasteiger partial charge is 0.410 e. The molecule has 0 aromatic carbocycles. The number of aromatic nitrogens is 1. The average molecular weight is 339 g/mol. The number of aliphatic hydroxyl groups excluding tert-OH is 1. The topological polar surface area (TPSA) is 66.7 Å². The van der Waals surface area contributed by atoms with Crippen molar-refractivity contribution >= 4 is 6.09 Å². The fourth-order valence-corrected chi connectivity index (χ4v) is 2.40. The van der Waals surface area contributed by atoms with Gasteiger partial charge in [-0.2, -0.15) is 0 Å². The monoisotopic (exact) mass is 339 g/mol. The highest BCUT2D eigenvalue weighted by molar-refractivity contribution is 5.68. The van der Waals surface area contributed by atoms with Crippen LogP contribution in [0.1, 0.15) is 46.7 Å². The van der Waals surface area contributed by atoms with Gasteiger partial charge in [0.05, 0.1) is 6.10 Å². The Balaban J connectivity index is 2.47. The molecule has 0 saturated carbocycles. The second kappa shape index (κ2) is 9.69. The Morgan fingerprint density at radius 2 is 2.17 bits per heavy atom. The predicted molar refractivity (Wildman–Crippen MR) is 95.9 cm³/mol. The number of aliphatic hydroxyl groups is 1. The summed E-state index contributed by atoms with van der Waals surface area (Å²) in [6.07, 6.45) is 2.21. The van der Waals surface area contributed by atoms with Crippen LogP contribution in [0, 0.1) is 0 Å². The normalized spacial score (nSPS) is 12.9. The Morgan fingerprint density at radius 3 is 2.75 bits per heavy atom. The molecule has 0 spiro atoms. The summed E-state index contributed by atoms with van der Waals surface area (Å²) in [7, 11) is 0. The van der Waals surface area contributed by atoms with Gasteiger partial charge < -0.3 is 24.6 Å². The molecule has 1 aromatic rings. The molecule has 1 rings (SSSR count). The maximum Gasteiger partial charge on any atom is 0.410 e. The molecular formula is C18H33N3O3. The molecule has 0 aliphatic heterocycles. The first-order valence-corrected chi connectivity index (χ1v) is 8.73. The number of hydrogen-bond acceptors (Lipinski definition) is 4. The Morgan fingerprint density at radius 1 is 1.46 bits per heavy atom. The number of aryl methyl sites for hydroxylation is 1. The molecule has 1 atom stereocenters. The van der Waals surface area contributed by atoms with Crippen LogP contribution in [-0.4, -0.2) is 52.0 Å². The highest BCUT2D eigenvalue weighted by Crippen LogP contribution is 2.10. The van der Waals surface area contributed by atoms with E-state index in [0.29, 0.717) is 13.1 Å². The van der Waals surface area contributed by atoms with Crippen LogP contribution in [0.15, 0.2) is 18.3 Å². The molecule has 0 aliphatic rings. The Kier molecular flexibility index (Phi) is 8.28. The zero-order valence-corrected chi connectivity index (χ0v) is 15.7. The van der Waals surface area contributed by atoms with Gasteiger partial charge in [0.1, 0.15) is 5.60 Å². The van der Waals surface area contributed by atoms with E-state index in [4.69, 9.17) is 4.74 Å². The van der Waals surface area contributed by atoms with Crippen molar-refractivity contribution in [2.75, 3.05) is 19.6 Å². The summed E-state index contributed by atoms with van der Waals surface area (Å²) < 4.78 is 7.63. The van der Waals surface area contributed by atoms with Gasteiger partial charge in [-0.1, -0.05) is 6.92 Å². The van der Waals surface area contributed by atoms with Crippen LogP contribution in [0.4, 0.5) is 4.79 Å². The Bertz CT molecular complexity index is 492. The minimum absolute atomic E-state index is 0.267. The minimum atomic E-state index is -0.584. The lowest BCUT2D eigenvalue weighted by Gasteiger charge is -2.28. The second-order valence-electron chi connectivity index (χ2n) is 7.15. The third kappa shape index (κ3) is 7.84. The molecule has 1 heterocycles. The van der Waals surface area contributed by atoms with E-state index < -0.39 is 11.7 Å². The molecule has 0 fully saturated rings. The molecule has 0 saturated heterocycles. The van der Waals surface area contributed by atoms with E-state index in [1.54, 1.807) is 11.8 Å². The number of nitrogens with zero attached hydrogens (tertiary/aromatic N) is 2. The van der Waals surface area contributed by atoms with Crippen LogP contribution in [0.3, 0.4) is 0 Å². The molecule has 138 valence electrons. The first-order chi connectivity index (χ1) is 11.2. The molecular weight excluding hydrogens is 306 g/mol. The quantitative estimate of drug-likeness (QED) is 0.679. The van der Waals surface area contributed by atoms with Crippen molar-refractivity contribution in [3.05, 3.63) is 24.0 Å². The summed E-state index contributed by atoms with van der Waals surface area (Å²) in [5, 5.41) is 13.0. The lowest BCUT2D eigenvalue weighted by atomic mass is 10.2. The number of carbonyl (C=O) groups excluding carboxylic acids is 1. The zero-order valence-electron chi connectivity index (χ0n) is 15.7. The van der Waals surface area contributed by atoms with Crippen LogP contribution in [0.5, 0.6) is 0 Å². The average Bonchev–Trinajstić information content (AvgIpc) is 2.87. The summed E-state index contributed by atoms with van der Waals surface area (Å²) in [4.78, 5) is 13.8. The van der Waals surface area contributed by atoms with Crippen LogP contribution >= 0.6 is 0 Å². The molecule has 2 N–H and O–H groups in total. The fraction of sp³-hybridized carbons (Fsp3) is 0.722. The van der Waals surface area contributed by atoms with Crippen LogP contribution in [0.2, 0.25) is 0 Å². The molecule has 24 heavy (non-hydrogen) atoms. The number of amides is 1. The number of ether oxygens (including phenoxy) is 1. The van der Waals surface area contributed by atoms with Crippen LogP contribution in [0.25, 0.3) is 0 Å². The first kappa shape index (κ1) is 20.5. The second-order valence-corrected chi connectivity index (χ2v) is 7.15. The van der Waals surface area contributed by atoms with Crippen molar-refractivity contribution < 1.29 is 14.6 Å². The van der Waals surface area contributed by atoms with Crippen molar-refractivity contribution in [3.63, 3.8) is 0 Å². The van der Waals surface area contributed by atoms with Crippen LogP contribution in [-0.2, 0) is 17.8 Å². The molecule has 0 radical (unpaired) electrons. The van der Waals surface area contributed by atoms with Gasteiger partial charge in [-0.3, -0.25) is 0 Å². The van der Waals surface area contributed by atoms with Gasteiger partial charge in [-0.15, -0.1) is 0 Å². The minimum Gasteiger partial charge on any atom is -0.444 e. The van der Waals surface area contributed by atoms with Gasteiger partial charge in [0.25, 0.3) is 0 Å². The van der Waals surface area contributed by atoms with Gasteiger partial charge in [-0.05, 0) is 46.2 Å². The zero-order chi connectivity index (χ0) is 18.2. The van der Waals surface area contributed by atoms with Crippen molar-refractivity contribution in [2.45, 2.75) is 65.8 Å². The van der Waals surface area contributed by atoms with Gasteiger partial charge in [0.15, 0.2) is 0 Å². The number of hydrogen-bond donors (Lipinski definition) is 2. The first-order valence-electron chi connectivity index (χ1n) is 8.73. The maximum atomic E-state index is 12.2. The third-order valence-electron chi connectivity index (χ3n) is 3.39. The SMILES string of the molecule is CCCn1cccc1CNCCN(CC(C)O)C(=O)OC(C)(C)C. The van der Waals surface area contributed by atoms with E-state index in [0.717, 1.165) is 19.5 Å². The maximum absolute atomic E-state index is 12.2. The standard InChI is InChI=1S/C18H33N3O3/c1-6-10-20-11-7-8-16(20)13-19-9-12-21(14-15(2)22)17(23)24-18(3,4)5/h7-8,11,15,19,22H,6,9-10,12-14H2,1-5H3. The number of carbonyl (C=O) groups is 1.